The largest absolute Gasteiger partial charge is 0.495 e. The summed E-state index contributed by atoms with van der Waals surface area (Å²) in [6, 6.07) is 6.89. The standard InChI is InChI=1S/C23H23ClFN3O6/c1-29-16-7-17(30-2)15(5-12(16)24)28-23-11-4-18(31-3)19(6-14(11)26-10-27-23)34-20-9-33-21-13(25)8-32-22(20)21/h4-7,10,13,20-22H,8-9H2,1-3H3,(H,26,27,28)/t13-,20?,21+,22+/m1/s1. The molecule has 5 rings (SSSR count). The molecule has 2 saturated heterocycles. The Balaban J connectivity index is 1.47. The minimum Gasteiger partial charge on any atom is -0.495 e. The maximum absolute atomic E-state index is 13.9. The van der Waals surface area contributed by atoms with E-state index in [0.717, 1.165) is 0 Å². The number of ether oxygens (including phenoxy) is 6. The van der Waals surface area contributed by atoms with Crippen LogP contribution < -0.4 is 24.3 Å². The van der Waals surface area contributed by atoms with Crippen molar-refractivity contribution >= 4 is 34.0 Å². The first kappa shape index (κ1) is 22.7. The maximum atomic E-state index is 13.9. The molecule has 2 aliphatic heterocycles. The van der Waals surface area contributed by atoms with Gasteiger partial charge in [0.2, 0.25) is 0 Å². The fraction of sp³-hybridized carbons (Fsp3) is 0.391. The van der Waals surface area contributed by atoms with E-state index < -0.39 is 24.5 Å². The summed E-state index contributed by atoms with van der Waals surface area (Å²) in [4.78, 5) is 8.75. The van der Waals surface area contributed by atoms with Crippen molar-refractivity contribution in [2.45, 2.75) is 24.5 Å². The average molecular weight is 492 g/mol. The Labute approximate surface area is 200 Å². The van der Waals surface area contributed by atoms with E-state index in [-0.39, 0.29) is 13.2 Å². The molecule has 1 aromatic heterocycles. The Hall–Kier alpha value is -3.08. The molecular formula is C23H23ClFN3O6. The Morgan fingerprint density at radius 1 is 0.912 bits per heavy atom. The molecule has 0 amide bonds. The van der Waals surface area contributed by atoms with Gasteiger partial charge in [0, 0.05) is 17.5 Å². The SMILES string of the molecule is COc1cc(OC)c(Nc2ncnc3cc(OC4CO[C@H]5[C@H](F)CO[C@@H]45)c(OC)cc23)cc1Cl. The predicted octanol–water partition coefficient (Wildman–Crippen LogP) is 3.94. The quantitative estimate of drug-likeness (QED) is 0.527. The topological polar surface area (TPSA) is 93.2 Å². The minimum atomic E-state index is -1.15. The normalized spacial score (nSPS) is 23.6. The van der Waals surface area contributed by atoms with Crippen LogP contribution >= 0.6 is 11.6 Å². The van der Waals surface area contributed by atoms with Gasteiger partial charge in [0.15, 0.2) is 23.8 Å². The molecule has 0 aliphatic carbocycles. The maximum Gasteiger partial charge on any atom is 0.164 e. The van der Waals surface area contributed by atoms with Crippen LogP contribution in [0.15, 0.2) is 30.6 Å². The smallest absolute Gasteiger partial charge is 0.164 e. The van der Waals surface area contributed by atoms with Crippen molar-refractivity contribution in [2.24, 2.45) is 0 Å². The number of anilines is 2. The van der Waals surface area contributed by atoms with Crippen molar-refractivity contribution < 1.29 is 32.8 Å². The summed E-state index contributed by atoms with van der Waals surface area (Å²) >= 11 is 6.31. The number of nitrogens with one attached hydrogen (secondary N) is 1. The lowest BCUT2D eigenvalue weighted by Crippen LogP contribution is -2.33. The van der Waals surface area contributed by atoms with Crippen LogP contribution in [-0.2, 0) is 9.47 Å². The molecule has 0 bridgehead atoms. The highest BCUT2D eigenvalue weighted by molar-refractivity contribution is 6.32. The number of hydrogen-bond acceptors (Lipinski definition) is 9. The summed E-state index contributed by atoms with van der Waals surface area (Å²) in [7, 11) is 4.62. The second-order valence-corrected chi connectivity index (χ2v) is 8.23. The lowest BCUT2D eigenvalue weighted by Gasteiger charge is -2.20. The third kappa shape index (κ3) is 4.02. The van der Waals surface area contributed by atoms with Crippen LogP contribution in [0.1, 0.15) is 0 Å². The van der Waals surface area contributed by atoms with Crippen LogP contribution in [0.25, 0.3) is 10.9 Å². The number of halogens is 2. The Bertz CT molecular complexity index is 1220. The third-order valence-electron chi connectivity index (χ3n) is 5.87. The zero-order chi connectivity index (χ0) is 23.8. The molecule has 34 heavy (non-hydrogen) atoms. The Kier molecular flexibility index (Phi) is 6.20. The molecule has 0 radical (unpaired) electrons. The molecule has 4 atom stereocenters. The van der Waals surface area contributed by atoms with Crippen LogP contribution in [0.4, 0.5) is 15.9 Å². The van der Waals surface area contributed by atoms with Gasteiger partial charge in [-0.05, 0) is 12.1 Å². The fourth-order valence-corrected chi connectivity index (χ4v) is 4.42. The highest BCUT2D eigenvalue weighted by atomic mass is 35.5. The number of rotatable bonds is 7. The van der Waals surface area contributed by atoms with E-state index >= 15 is 0 Å². The first-order valence-corrected chi connectivity index (χ1v) is 11.0. The van der Waals surface area contributed by atoms with Crippen molar-refractivity contribution in [2.75, 3.05) is 39.9 Å². The monoisotopic (exact) mass is 491 g/mol. The van der Waals surface area contributed by atoms with Gasteiger partial charge < -0.3 is 33.7 Å². The van der Waals surface area contributed by atoms with Crippen molar-refractivity contribution in [1.29, 1.82) is 0 Å². The van der Waals surface area contributed by atoms with Gasteiger partial charge in [0.05, 0.1) is 50.8 Å². The van der Waals surface area contributed by atoms with Gasteiger partial charge in [0.25, 0.3) is 0 Å². The fourth-order valence-electron chi connectivity index (χ4n) is 4.18. The van der Waals surface area contributed by atoms with E-state index in [1.807, 2.05) is 0 Å². The third-order valence-corrected chi connectivity index (χ3v) is 6.17. The number of alkyl halides is 1. The van der Waals surface area contributed by atoms with Crippen molar-refractivity contribution in [1.82, 2.24) is 9.97 Å². The van der Waals surface area contributed by atoms with E-state index in [4.69, 9.17) is 40.0 Å². The van der Waals surface area contributed by atoms with Crippen molar-refractivity contribution in [3.8, 4) is 23.0 Å². The zero-order valence-electron chi connectivity index (χ0n) is 18.7. The first-order valence-electron chi connectivity index (χ1n) is 10.6. The predicted molar refractivity (Wildman–Crippen MR) is 123 cm³/mol. The Morgan fingerprint density at radius 3 is 2.44 bits per heavy atom. The minimum absolute atomic E-state index is 0.00510. The van der Waals surface area contributed by atoms with Crippen molar-refractivity contribution in [3.05, 3.63) is 35.6 Å². The van der Waals surface area contributed by atoms with Gasteiger partial charge in [0.1, 0.15) is 35.9 Å². The van der Waals surface area contributed by atoms with E-state index in [9.17, 15) is 4.39 Å². The summed E-state index contributed by atoms with van der Waals surface area (Å²) in [5.41, 5.74) is 1.21. The molecule has 2 aliphatic rings. The summed E-state index contributed by atoms with van der Waals surface area (Å²) in [6.45, 7) is 0.233. The molecule has 0 spiro atoms. The van der Waals surface area contributed by atoms with Gasteiger partial charge in [-0.3, -0.25) is 0 Å². The number of fused-ring (bicyclic) bond motifs is 2. The van der Waals surface area contributed by atoms with E-state index in [2.05, 4.69) is 15.3 Å². The molecule has 180 valence electrons. The number of benzene rings is 2. The lowest BCUT2D eigenvalue weighted by atomic mass is 10.1. The molecule has 11 heteroatoms. The van der Waals surface area contributed by atoms with E-state index in [1.165, 1.54) is 20.5 Å². The molecule has 2 fully saturated rings. The Morgan fingerprint density at radius 2 is 1.68 bits per heavy atom. The van der Waals surface area contributed by atoms with Gasteiger partial charge in [-0.2, -0.15) is 0 Å². The zero-order valence-corrected chi connectivity index (χ0v) is 19.5. The van der Waals surface area contributed by atoms with Crippen LogP contribution in [0.3, 0.4) is 0 Å². The second kappa shape index (κ2) is 9.28. The van der Waals surface area contributed by atoms with Crippen LogP contribution in [0.2, 0.25) is 5.02 Å². The molecule has 3 heterocycles. The number of nitrogens with zero attached hydrogens (tertiary/aromatic N) is 2. The van der Waals surface area contributed by atoms with Gasteiger partial charge >= 0.3 is 0 Å². The highest BCUT2D eigenvalue weighted by Crippen LogP contribution is 2.40. The number of methoxy groups -OCH3 is 3. The summed E-state index contributed by atoms with van der Waals surface area (Å²) in [5, 5.41) is 4.34. The second-order valence-electron chi connectivity index (χ2n) is 7.82. The van der Waals surface area contributed by atoms with Crippen molar-refractivity contribution in [3.63, 3.8) is 0 Å². The highest BCUT2D eigenvalue weighted by Gasteiger charge is 2.49. The summed E-state index contributed by atoms with van der Waals surface area (Å²) in [5.74, 6) is 2.44. The molecule has 9 nitrogen and oxygen atoms in total. The van der Waals surface area contributed by atoms with Gasteiger partial charge in [-0.1, -0.05) is 11.6 Å². The summed E-state index contributed by atoms with van der Waals surface area (Å²) in [6.07, 6.45) is -1.25. The molecule has 2 aromatic carbocycles. The van der Waals surface area contributed by atoms with E-state index in [0.29, 0.717) is 50.4 Å². The summed E-state index contributed by atoms with van der Waals surface area (Å²) < 4.78 is 47.4. The van der Waals surface area contributed by atoms with E-state index in [1.54, 1.807) is 31.4 Å². The number of aromatic nitrogens is 2. The lowest BCUT2D eigenvalue weighted by molar-refractivity contribution is 0.0271. The van der Waals surface area contributed by atoms with Crippen LogP contribution in [0, 0.1) is 0 Å². The molecule has 1 unspecified atom stereocenters. The molecule has 1 N–H and O–H groups in total. The van der Waals surface area contributed by atoms with Gasteiger partial charge in [-0.15, -0.1) is 0 Å². The first-order chi connectivity index (χ1) is 16.5. The molecule has 3 aromatic rings. The molecule has 0 saturated carbocycles. The van der Waals surface area contributed by atoms with Crippen LogP contribution in [-0.4, -0.2) is 69.0 Å². The van der Waals surface area contributed by atoms with Crippen LogP contribution in [0.5, 0.6) is 23.0 Å². The average Bonchev–Trinajstić information content (AvgIpc) is 3.42. The van der Waals surface area contributed by atoms with Gasteiger partial charge in [-0.25, -0.2) is 14.4 Å². The molecular weight excluding hydrogens is 469 g/mol. The number of hydrogen-bond donors (Lipinski definition) is 1.